The molecular weight excluding hydrogens is 778 g/mol. The van der Waals surface area contributed by atoms with Crippen LogP contribution in [0, 0.1) is 56.7 Å². The maximum Gasteiger partial charge on any atom is 0.310 e. The highest BCUT2D eigenvalue weighted by molar-refractivity contribution is 7.91. The van der Waals surface area contributed by atoms with Crippen molar-refractivity contribution < 1.29 is 23.1 Å². The summed E-state index contributed by atoms with van der Waals surface area (Å²) < 4.78 is 30.1. The Labute approximate surface area is 360 Å². The first-order chi connectivity index (χ1) is 27.8. The summed E-state index contributed by atoms with van der Waals surface area (Å²) in [6.45, 7) is 23.4. The molecular formula is C49H72ClN3O5S. The van der Waals surface area contributed by atoms with E-state index in [1.807, 2.05) is 0 Å². The van der Waals surface area contributed by atoms with E-state index in [2.05, 4.69) is 75.5 Å². The van der Waals surface area contributed by atoms with Crippen molar-refractivity contribution >= 4 is 27.4 Å². The molecule has 0 spiro atoms. The molecule has 7 aliphatic rings. The van der Waals surface area contributed by atoms with Crippen LogP contribution >= 0.6 is 11.6 Å². The predicted molar refractivity (Wildman–Crippen MR) is 237 cm³/mol. The van der Waals surface area contributed by atoms with E-state index >= 15 is 0 Å². The third-order valence-corrected chi connectivity index (χ3v) is 20.8. The second-order valence-corrected chi connectivity index (χ2v) is 24.5. The number of carbonyl (C=O) groups is 1. The molecule has 1 aromatic rings. The van der Waals surface area contributed by atoms with Crippen LogP contribution in [0.2, 0.25) is 5.02 Å². The molecule has 0 aromatic carbocycles. The Kier molecular flexibility index (Phi) is 11.5. The van der Waals surface area contributed by atoms with Crippen LogP contribution in [0.5, 0.6) is 5.88 Å². The Morgan fingerprint density at radius 1 is 0.983 bits per heavy atom. The summed E-state index contributed by atoms with van der Waals surface area (Å²) in [6.07, 6.45) is 19.9. The molecule has 59 heavy (non-hydrogen) atoms. The highest BCUT2D eigenvalue weighted by Gasteiger charge is 2.70. The van der Waals surface area contributed by atoms with Gasteiger partial charge in [-0.1, -0.05) is 70.5 Å². The quantitative estimate of drug-likeness (QED) is 0.212. The molecule has 326 valence electrons. The van der Waals surface area contributed by atoms with Crippen LogP contribution in [-0.4, -0.2) is 79.2 Å². The first-order valence-electron chi connectivity index (χ1n) is 23.0. The zero-order valence-corrected chi connectivity index (χ0v) is 38.5. The van der Waals surface area contributed by atoms with Gasteiger partial charge in [-0.05, 0) is 159 Å². The number of pyridine rings is 1. The molecule has 2 N–H and O–H groups in total. The van der Waals surface area contributed by atoms with Crippen molar-refractivity contribution in [2.24, 2.45) is 56.7 Å². The van der Waals surface area contributed by atoms with Crippen LogP contribution < -0.4 is 10.1 Å². The summed E-state index contributed by atoms with van der Waals surface area (Å²) in [4.78, 5) is 19.4. The number of hydrogen-bond donors (Lipinski definition) is 2. The van der Waals surface area contributed by atoms with Gasteiger partial charge < -0.3 is 20.1 Å². The number of rotatable bonds is 11. The predicted octanol–water partition coefficient (Wildman–Crippen LogP) is 9.95. The van der Waals surface area contributed by atoms with E-state index in [1.165, 1.54) is 68.1 Å². The minimum atomic E-state index is -2.88. The normalized spacial score (nSPS) is 41.3. The average Bonchev–Trinajstić information content (AvgIpc) is 3.56. The fraction of sp³-hybridized carbons (Fsp3) is 0.755. The monoisotopic (exact) mass is 849 g/mol. The number of carboxylic acid groups (broad SMARTS) is 1. The van der Waals surface area contributed by atoms with Gasteiger partial charge in [-0.25, -0.2) is 13.4 Å². The third kappa shape index (κ3) is 7.29. The molecule has 8 nitrogen and oxygen atoms in total. The molecule has 2 heterocycles. The highest BCUT2D eigenvalue weighted by Crippen LogP contribution is 2.76. The van der Waals surface area contributed by atoms with Crippen molar-refractivity contribution in [1.82, 2.24) is 15.2 Å². The van der Waals surface area contributed by atoms with Crippen LogP contribution in [0.15, 0.2) is 53.8 Å². The van der Waals surface area contributed by atoms with Crippen molar-refractivity contribution in [2.75, 3.05) is 44.3 Å². The van der Waals surface area contributed by atoms with Gasteiger partial charge in [0.1, 0.15) is 0 Å². The lowest BCUT2D eigenvalue weighted by Crippen LogP contribution is -2.68. The standard InChI is InChI=1S/C49H72ClN3O5S/c1-33(2)36-12-20-49(52-25-26-53-27-30-59(56,57)31-28-53)22-21-46(6)38(42(36)49)8-9-40-45(5)16-13-37(44(3,4)39(45)14-17-47(40,46)7)34-10-18-48(19-11-34,43(54)55)23-29-58-41-32-35(50)15-24-51-41/h10,13,15,24,32,36,38-40,42,52H,1,8-9,11-12,14,16-23,25-31H2,2-7H3,(H,54,55)/t36?,38-,39+,40-,42-,45+,46-,47-,48?,49+/m1/s1. The van der Waals surface area contributed by atoms with Gasteiger partial charge in [0.15, 0.2) is 9.84 Å². The van der Waals surface area contributed by atoms with Crippen LogP contribution in [0.1, 0.15) is 125 Å². The SMILES string of the molecule is C=C(C)C1CC[C@]2(NCCN3CCS(=O)(=O)CC3)CC[C@]3(C)[C@H](CC[C@@H]4[C@@]5(C)CC=C(C6=CCC(CCOc7cc(Cl)ccn7)(C(=O)O)CC6)C(C)(C)[C@@H]5CC[C@]43C)[C@@H]12. The van der Waals surface area contributed by atoms with Crippen LogP contribution in [0.4, 0.5) is 0 Å². The van der Waals surface area contributed by atoms with E-state index in [9.17, 15) is 18.3 Å². The Morgan fingerprint density at radius 3 is 2.42 bits per heavy atom. The Bertz CT molecular complexity index is 1980. The summed E-state index contributed by atoms with van der Waals surface area (Å²) in [5, 5.41) is 15.3. The van der Waals surface area contributed by atoms with Crippen molar-refractivity contribution in [2.45, 2.75) is 131 Å². The van der Waals surface area contributed by atoms with Crippen molar-refractivity contribution in [3.63, 3.8) is 0 Å². The first-order valence-corrected chi connectivity index (χ1v) is 25.2. The first kappa shape index (κ1) is 43.4. The zero-order valence-electron chi connectivity index (χ0n) is 36.9. The maximum atomic E-state index is 12.8. The molecule has 10 atom stereocenters. The number of carboxylic acids is 1. The molecule has 8 rings (SSSR count). The molecule has 4 saturated carbocycles. The van der Waals surface area contributed by atoms with Crippen LogP contribution in [0.3, 0.4) is 0 Å². The summed E-state index contributed by atoms with van der Waals surface area (Å²) in [6, 6.07) is 3.37. The number of nitrogens with one attached hydrogen (secondary N) is 1. The summed E-state index contributed by atoms with van der Waals surface area (Å²) >= 11 is 6.12. The highest BCUT2D eigenvalue weighted by atomic mass is 35.5. The van der Waals surface area contributed by atoms with E-state index < -0.39 is 21.2 Å². The fourth-order valence-electron chi connectivity index (χ4n) is 15.5. The van der Waals surface area contributed by atoms with Gasteiger partial charge in [0.05, 0.1) is 23.5 Å². The molecule has 6 aliphatic carbocycles. The van der Waals surface area contributed by atoms with E-state index in [-0.39, 0.29) is 33.8 Å². The number of aliphatic carboxylic acids is 1. The van der Waals surface area contributed by atoms with Gasteiger partial charge in [-0.15, -0.1) is 0 Å². The zero-order chi connectivity index (χ0) is 42.2. The second kappa shape index (κ2) is 15.6. The lowest BCUT2D eigenvalue weighted by molar-refractivity contribution is -0.221. The number of sulfone groups is 1. The van der Waals surface area contributed by atoms with Crippen molar-refractivity contribution in [1.29, 1.82) is 0 Å². The molecule has 0 radical (unpaired) electrons. The lowest BCUT2D eigenvalue weighted by atomic mass is 9.33. The van der Waals surface area contributed by atoms with E-state index in [1.54, 1.807) is 18.3 Å². The van der Waals surface area contributed by atoms with Gasteiger partial charge in [0.2, 0.25) is 5.88 Å². The smallest absolute Gasteiger partial charge is 0.310 e. The lowest BCUT2D eigenvalue weighted by Gasteiger charge is -2.72. The second-order valence-electron chi connectivity index (χ2n) is 21.7. The van der Waals surface area contributed by atoms with Gasteiger partial charge in [-0.2, -0.15) is 0 Å². The molecule has 0 bridgehead atoms. The minimum absolute atomic E-state index is 0.00315. The van der Waals surface area contributed by atoms with E-state index in [0.29, 0.717) is 84.3 Å². The summed E-state index contributed by atoms with van der Waals surface area (Å²) in [5.41, 5.74) is 4.21. The number of hydrogen-bond acceptors (Lipinski definition) is 7. The Hall–Kier alpha value is -2.20. The van der Waals surface area contributed by atoms with Gasteiger partial charge in [-0.3, -0.25) is 4.79 Å². The maximum absolute atomic E-state index is 12.8. The van der Waals surface area contributed by atoms with Crippen molar-refractivity contribution in [3.8, 4) is 5.88 Å². The minimum Gasteiger partial charge on any atom is -0.481 e. The van der Waals surface area contributed by atoms with Gasteiger partial charge in [0.25, 0.3) is 0 Å². The number of allylic oxidation sites excluding steroid dienone is 5. The third-order valence-electron chi connectivity index (χ3n) is 18.9. The number of halogens is 1. The largest absolute Gasteiger partial charge is 0.481 e. The fourth-order valence-corrected chi connectivity index (χ4v) is 17.0. The summed E-state index contributed by atoms with van der Waals surface area (Å²) in [5.74, 6) is 3.30. The summed E-state index contributed by atoms with van der Waals surface area (Å²) in [7, 11) is -2.88. The molecule has 0 amide bonds. The molecule has 2 unspecified atom stereocenters. The van der Waals surface area contributed by atoms with E-state index in [0.717, 1.165) is 25.9 Å². The Morgan fingerprint density at radius 2 is 1.75 bits per heavy atom. The van der Waals surface area contributed by atoms with E-state index in [4.69, 9.17) is 16.3 Å². The molecule has 1 aliphatic heterocycles. The molecule has 5 fully saturated rings. The van der Waals surface area contributed by atoms with Gasteiger partial charge >= 0.3 is 5.97 Å². The molecule has 10 heteroatoms. The molecule has 1 aromatic heterocycles. The van der Waals surface area contributed by atoms with Crippen LogP contribution in [0.25, 0.3) is 0 Å². The number of fused-ring (bicyclic) bond motifs is 7. The topological polar surface area (TPSA) is 109 Å². The number of aromatic nitrogens is 1. The average molecular weight is 851 g/mol. The van der Waals surface area contributed by atoms with Crippen LogP contribution in [-0.2, 0) is 14.6 Å². The number of nitrogens with zero attached hydrogens (tertiary/aromatic N) is 2. The number of ether oxygens (including phenoxy) is 1. The van der Waals surface area contributed by atoms with Crippen molar-refractivity contribution in [3.05, 3.63) is 58.8 Å². The van der Waals surface area contributed by atoms with Gasteiger partial charge in [0, 0.05) is 49.0 Å². The molecule has 1 saturated heterocycles. The Balaban J connectivity index is 0.991.